The number of nitrogens with zero attached hydrogens (tertiary/aromatic N) is 2. The number of hydrogen-bond donors (Lipinski definition) is 2. The van der Waals surface area contributed by atoms with Gasteiger partial charge in [-0.05, 0) is 44.5 Å². The van der Waals surface area contributed by atoms with Crippen LogP contribution in [0.15, 0.2) is 27.7 Å². The van der Waals surface area contributed by atoms with Crippen molar-refractivity contribution in [3.63, 3.8) is 0 Å². The molecule has 0 unspecified atom stereocenters. The summed E-state index contributed by atoms with van der Waals surface area (Å²) in [6.45, 7) is 7.17. The molecule has 1 amide bonds. The fraction of sp³-hybridized carbons (Fsp3) is 0.467. The zero-order chi connectivity index (χ0) is 16.3. The molecule has 22 heavy (non-hydrogen) atoms. The first-order valence-corrected chi connectivity index (χ1v) is 7.88. The van der Waals surface area contributed by atoms with Gasteiger partial charge < -0.3 is 20.7 Å². The molecular weight excluding hydrogens is 348 g/mol. The minimum atomic E-state index is -0.499. The maximum absolute atomic E-state index is 11.6. The number of hydrogen-bond acceptors (Lipinski definition) is 5. The number of alkyl carbamates (subject to hydrolysis) is 1. The number of guanidine groups is 1. The van der Waals surface area contributed by atoms with Crippen LogP contribution in [0.25, 0.3) is 0 Å². The standard InChI is InChI=1S/C15H21BrN4O2/c1-15(2,3)22-14(21)18-6-7-20-9-10-8-11(16)4-5-12(10)19-13(20)17/h4-5,8H,6-7,9H2,1-3H3,(H2,17,19)(H,18,21). The van der Waals surface area contributed by atoms with Crippen LogP contribution in [0.3, 0.4) is 0 Å². The van der Waals surface area contributed by atoms with Crippen molar-refractivity contribution >= 4 is 33.7 Å². The first-order chi connectivity index (χ1) is 10.2. The van der Waals surface area contributed by atoms with E-state index in [1.54, 1.807) is 0 Å². The van der Waals surface area contributed by atoms with Crippen LogP contribution in [0, 0.1) is 0 Å². The van der Waals surface area contributed by atoms with E-state index >= 15 is 0 Å². The molecule has 0 radical (unpaired) electrons. The second-order valence-electron chi connectivity index (χ2n) is 6.09. The van der Waals surface area contributed by atoms with Gasteiger partial charge in [0.1, 0.15) is 5.60 Å². The maximum atomic E-state index is 11.6. The topological polar surface area (TPSA) is 80.0 Å². The minimum absolute atomic E-state index is 0.428. The molecular formula is C15H21BrN4O2. The molecule has 7 heteroatoms. The van der Waals surface area contributed by atoms with E-state index in [9.17, 15) is 4.79 Å². The lowest BCUT2D eigenvalue weighted by Gasteiger charge is -2.28. The predicted molar refractivity (Wildman–Crippen MR) is 90.1 cm³/mol. The van der Waals surface area contributed by atoms with Crippen molar-refractivity contribution in [2.45, 2.75) is 32.9 Å². The highest BCUT2D eigenvalue weighted by atomic mass is 79.9. The van der Waals surface area contributed by atoms with Gasteiger partial charge in [0, 0.05) is 24.1 Å². The van der Waals surface area contributed by atoms with E-state index in [0.29, 0.717) is 25.6 Å². The number of benzene rings is 1. The number of halogens is 1. The number of aliphatic imine (C=N–C) groups is 1. The number of ether oxygens (including phenoxy) is 1. The number of amides is 1. The fourth-order valence-corrected chi connectivity index (χ4v) is 2.48. The van der Waals surface area contributed by atoms with Gasteiger partial charge in [0.05, 0.1) is 5.69 Å². The third-order valence-corrected chi connectivity index (χ3v) is 3.50. The molecule has 1 aliphatic heterocycles. The number of rotatable bonds is 3. The summed E-state index contributed by atoms with van der Waals surface area (Å²) in [6.07, 6.45) is -0.428. The lowest BCUT2D eigenvalue weighted by Crippen LogP contribution is -2.44. The Morgan fingerprint density at radius 3 is 2.91 bits per heavy atom. The monoisotopic (exact) mass is 368 g/mol. The largest absolute Gasteiger partial charge is 0.444 e. The molecule has 0 aliphatic carbocycles. The second kappa shape index (κ2) is 6.56. The quantitative estimate of drug-likeness (QED) is 0.859. The molecule has 2 rings (SSSR count). The Morgan fingerprint density at radius 2 is 2.23 bits per heavy atom. The Labute approximate surface area is 138 Å². The Bertz CT molecular complexity index is 596. The van der Waals surface area contributed by atoms with E-state index in [0.717, 1.165) is 15.7 Å². The number of nitrogens with two attached hydrogens (primary N) is 1. The van der Waals surface area contributed by atoms with Gasteiger partial charge in [0.25, 0.3) is 0 Å². The molecule has 0 fully saturated rings. The first-order valence-electron chi connectivity index (χ1n) is 7.09. The van der Waals surface area contributed by atoms with Crippen LogP contribution in [0.1, 0.15) is 26.3 Å². The molecule has 0 atom stereocenters. The van der Waals surface area contributed by atoms with Gasteiger partial charge >= 0.3 is 6.09 Å². The average Bonchev–Trinajstić information content (AvgIpc) is 2.37. The first kappa shape index (κ1) is 16.6. The van der Waals surface area contributed by atoms with Gasteiger partial charge in [-0.2, -0.15) is 0 Å². The van der Waals surface area contributed by atoms with Gasteiger partial charge in [-0.1, -0.05) is 15.9 Å². The van der Waals surface area contributed by atoms with Crippen molar-refractivity contribution in [2.24, 2.45) is 10.7 Å². The summed E-state index contributed by atoms with van der Waals surface area (Å²) in [5.41, 5.74) is 7.46. The van der Waals surface area contributed by atoms with E-state index in [1.165, 1.54) is 0 Å². The lowest BCUT2D eigenvalue weighted by atomic mass is 10.1. The molecule has 0 spiro atoms. The van der Waals surface area contributed by atoms with Crippen LogP contribution in [0.2, 0.25) is 0 Å². The summed E-state index contributed by atoms with van der Waals surface area (Å²) in [5.74, 6) is 0.459. The van der Waals surface area contributed by atoms with Crippen LogP contribution >= 0.6 is 15.9 Å². The Balaban J connectivity index is 1.89. The number of carbonyl (C=O) groups is 1. The molecule has 1 aromatic rings. The van der Waals surface area contributed by atoms with E-state index in [1.807, 2.05) is 43.9 Å². The number of fused-ring (bicyclic) bond motifs is 1. The molecule has 0 saturated heterocycles. The normalized spacial score (nSPS) is 14.2. The average molecular weight is 369 g/mol. The van der Waals surface area contributed by atoms with Crippen molar-refractivity contribution in [3.05, 3.63) is 28.2 Å². The van der Waals surface area contributed by atoms with Gasteiger partial charge in [-0.3, -0.25) is 0 Å². The SMILES string of the molecule is CC(C)(C)OC(=O)NCCN1Cc2cc(Br)ccc2N=C1N. The molecule has 0 saturated carbocycles. The fourth-order valence-electron chi connectivity index (χ4n) is 2.07. The van der Waals surface area contributed by atoms with Gasteiger partial charge in [0.2, 0.25) is 0 Å². The van der Waals surface area contributed by atoms with Gasteiger partial charge in [0.15, 0.2) is 5.96 Å². The van der Waals surface area contributed by atoms with Crippen LogP contribution in [-0.4, -0.2) is 35.6 Å². The van der Waals surface area contributed by atoms with E-state index in [4.69, 9.17) is 10.5 Å². The Hall–Kier alpha value is -1.76. The van der Waals surface area contributed by atoms with E-state index in [-0.39, 0.29) is 0 Å². The summed E-state index contributed by atoms with van der Waals surface area (Å²) < 4.78 is 6.20. The van der Waals surface area contributed by atoms with Crippen molar-refractivity contribution in [1.29, 1.82) is 0 Å². The summed E-state index contributed by atoms with van der Waals surface area (Å²) in [7, 11) is 0. The van der Waals surface area contributed by atoms with Crippen molar-refractivity contribution in [1.82, 2.24) is 10.2 Å². The summed E-state index contributed by atoms with van der Waals surface area (Å²) in [4.78, 5) is 17.9. The van der Waals surface area contributed by atoms with Crippen molar-refractivity contribution < 1.29 is 9.53 Å². The Kier molecular flexibility index (Phi) is 4.95. The van der Waals surface area contributed by atoms with E-state index < -0.39 is 11.7 Å². The minimum Gasteiger partial charge on any atom is -0.444 e. The molecule has 1 heterocycles. The van der Waals surface area contributed by atoms with E-state index in [2.05, 4.69) is 26.2 Å². The van der Waals surface area contributed by atoms with Crippen LogP contribution in [0.4, 0.5) is 10.5 Å². The molecule has 120 valence electrons. The maximum Gasteiger partial charge on any atom is 0.407 e. The molecule has 1 aromatic carbocycles. The third kappa shape index (κ3) is 4.62. The molecule has 3 N–H and O–H groups in total. The highest BCUT2D eigenvalue weighted by molar-refractivity contribution is 9.10. The van der Waals surface area contributed by atoms with Gasteiger partial charge in [-0.25, -0.2) is 9.79 Å². The highest BCUT2D eigenvalue weighted by Crippen LogP contribution is 2.27. The van der Waals surface area contributed by atoms with Gasteiger partial charge in [-0.15, -0.1) is 0 Å². The smallest absolute Gasteiger partial charge is 0.407 e. The summed E-state index contributed by atoms with van der Waals surface area (Å²) >= 11 is 3.45. The molecule has 0 aromatic heterocycles. The van der Waals surface area contributed by atoms with Crippen LogP contribution in [0.5, 0.6) is 0 Å². The summed E-state index contributed by atoms with van der Waals surface area (Å²) in [6, 6.07) is 5.90. The van der Waals surface area contributed by atoms with Crippen LogP contribution in [-0.2, 0) is 11.3 Å². The summed E-state index contributed by atoms with van der Waals surface area (Å²) in [5, 5.41) is 2.72. The zero-order valence-corrected chi connectivity index (χ0v) is 14.6. The zero-order valence-electron chi connectivity index (χ0n) is 13.0. The second-order valence-corrected chi connectivity index (χ2v) is 7.01. The Morgan fingerprint density at radius 1 is 1.50 bits per heavy atom. The molecule has 1 aliphatic rings. The number of carbonyl (C=O) groups excluding carboxylic acids is 1. The van der Waals surface area contributed by atoms with Crippen LogP contribution < -0.4 is 11.1 Å². The highest BCUT2D eigenvalue weighted by Gasteiger charge is 2.19. The number of nitrogens with one attached hydrogen (secondary N) is 1. The van der Waals surface area contributed by atoms with Crippen molar-refractivity contribution in [2.75, 3.05) is 13.1 Å². The van der Waals surface area contributed by atoms with Crippen molar-refractivity contribution in [3.8, 4) is 0 Å². The lowest BCUT2D eigenvalue weighted by molar-refractivity contribution is 0.0525. The third-order valence-electron chi connectivity index (χ3n) is 3.01. The molecule has 0 bridgehead atoms. The molecule has 6 nitrogen and oxygen atoms in total. The predicted octanol–water partition coefficient (Wildman–Crippen LogP) is 2.74.